The summed E-state index contributed by atoms with van der Waals surface area (Å²) in [6.07, 6.45) is 5.16. The van der Waals surface area contributed by atoms with Gasteiger partial charge in [-0.1, -0.05) is 24.3 Å². The number of piperazine rings is 1. The molecule has 4 rings (SSSR count). The van der Waals surface area contributed by atoms with Crippen molar-refractivity contribution in [1.82, 2.24) is 19.9 Å². The van der Waals surface area contributed by atoms with E-state index < -0.39 is 0 Å². The lowest BCUT2D eigenvalue weighted by atomic mass is 10.1. The summed E-state index contributed by atoms with van der Waals surface area (Å²) in [7, 11) is 0. The second-order valence-electron chi connectivity index (χ2n) is 7.04. The SMILES string of the molecule is Cc1ccccc1CNc1cc(C(=O)N2CCN(c3ncccn3)CC2)ccn1. The minimum absolute atomic E-state index is 0.0278. The number of aromatic nitrogens is 3. The lowest BCUT2D eigenvalue weighted by Crippen LogP contribution is -2.49. The topological polar surface area (TPSA) is 74.2 Å². The minimum Gasteiger partial charge on any atom is -0.366 e. The second-order valence-corrected chi connectivity index (χ2v) is 7.04. The maximum Gasteiger partial charge on any atom is 0.254 e. The molecule has 0 unspecified atom stereocenters. The Labute approximate surface area is 170 Å². The summed E-state index contributed by atoms with van der Waals surface area (Å²) in [5.41, 5.74) is 3.09. The Hall–Kier alpha value is -3.48. The van der Waals surface area contributed by atoms with Crippen LogP contribution < -0.4 is 10.2 Å². The van der Waals surface area contributed by atoms with Gasteiger partial charge in [0.05, 0.1) is 0 Å². The minimum atomic E-state index is 0.0278. The molecule has 0 radical (unpaired) electrons. The quantitative estimate of drug-likeness (QED) is 0.724. The van der Waals surface area contributed by atoms with E-state index in [2.05, 4.69) is 44.2 Å². The van der Waals surface area contributed by atoms with Crippen molar-refractivity contribution >= 4 is 17.7 Å². The molecule has 0 spiro atoms. The Bertz CT molecular complexity index is 970. The zero-order chi connectivity index (χ0) is 20.1. The van der Waals surface area contributed by atoms with Crippen molar-refractivity contribution in [2.45, 2.75) is 13.5 Å². The zero-order valence-corrected chi connectivity index (χ0v) is 16.5. The van der Waals surface area contributed by atoms with Crippen molar-refractivity contribution in [3.63, 3.8) is 0 Å². The molecule has 7 heteroatoms. The highest BCUT2D eigenvalue weighted by atomic mass is 16.2. The summed E-state index contributed by atoms with van der Waals surface area (Å²) < 4.78 is 0. The molecule has 0 saturated carbocycles. The molecule has 3 aromatic rings. The maximum absolute atomic E-state index is 12.9. The van der Waals surface area contributed by atoms with E-state index in [0.717, 1.165) is 13.1 Å². The van der Waals surface area contributed by atoms with Gasteiger partial charge in [-0.25, -0.2) is 15.0 Å². The second kappa shape index (κ2) is 8.68. The summed E-state index contributed by atoms with van der Waals surface area (Å²) in [5.74, 6) is 1.45. The Morgan fingerprint density at radius 3 is 2.48 bits per heavy atom. The third kappa shape index (κ3) is 4.51. The van der Waals surface area contributed by atoms with Crippen molar-refractivity contribution < 1.29 is 4.79 Å². The van der Waals surface area contributed by atoms with Gasteiger partial charge in [0.1, 0.15) is 5.82 Å². The number of rotatable bonds is 5. The first-order chi connectivity index (χ1) is 14.2. The van der Waals surface area contributed by atoms with Gasteiger partial charge in [0.25, 0.3) is 5.91 Å². The highest BCUT2D eigenvalue weighted by molar-refractivity contribution is 5.95. The van der Waals surface area contributed by atoms with E-state index in [-0.39, 0.29) is 5.91 Å². The van der Waals surface area contributed by atoms with Crippen LogP contribution >= 0.6 is 0 Å². The Morgan fingerprint density at radius 2 is 1.72 bits per heavy atom. The van der Waals surface area contributed by atoms with Gasteiger partial charge in [0.2, 0.25) is 5.95 Å². The van der Waals surface area contributed by atoms with E-state index >= 15 is 0 Å². The lowest BCUT2D eigenvalue weighted by Gasteiger charge is -2.34. The molecule has 1 aliphatic rings. The normalized spacial score (nSPS) is 14.0. The van der Waals surface area contributed by atoms with Gasteiger partial charge in [-0.3, -0.25) is 4.79 Å². The van der Waals surface area contributed by atoms with Gasteiger partial charge in [-0.05, 0) is 36.2 Å². The van der Waals surface area contributed by atoms with Crippen LogP contribution in [0.5, 0.6) is 0 Å². The van der Waals surface area contributed by atoms with Gasteiger partial charge >= 0.3 is 0 Å². The van der Waals surface area contributed by atoms with Crippen LogP contribution in [-0.4, -0.2) is 51.9 Å². The Kier molecular flexibility index (Phi) is 5.65. The molecule has 1 N–H and O–H groups in total. The maximum atomic E-state index is 12.9. The van der Waals surface area contributed by atoms with Gasteiger partial charge in [-0.15, -0.1) is 0 Å². The summed E-state index contributed by atoms with van der Waals surface area (Å²) in [5, 5.41) is 3.32. The standard InChI is InChI=1S/C22H24N6O/c1-17-5-2-3-6-19(17)16-26-20-15-18(7-10-23-20)21(29)27-11-13-28(14-12-27)22-24-8-4-9-25-22/h2-10,15H,11-14,16H2,1H3,(H,23,26). The number of benzene rings is 1. The summed E-state index contributed by atoms with van der Waals surface area (Å²) in [4.78, 5) is 29.9. The van der Waals surface area contributed by atoms with Crippen LogP contribution in [0.1, 0.15) is 21.5 Å². The molecule has 7 nitrogen and oxygen atoms in total. The van der Waals surface area contributed by atoms with E-state index in [1.54, 1.807) is 30.7 Å². The van der Waals surface area contributed by atoms with E-state index in [1.807, 2.05) is 23.1 Å². The van der Waals surface area contributed by atoms with Gasteiger partial charge in [0.15, 0.2) is 0 Å². The van der Waals surface area contributed by atoms with Crippen LogP contribution in [0, 0.1) is 6.92 Å². The number of carbonyl (C=O) groups is 1. The van der Waals surface area contributed by atoms with Gasteiger partial charge in [0, 0.05) is 56.9 Å². The number of nitrogens with one attached hydrogen (secondary N) is 1. The molecule has 1 amide bonds. The summed E-state index contributed by atoms with van der Waals surface area (Å²) in [6, 6.07) is 13.6. The number of aryl methyl sites for hydroxylation is 1. The first-order valence-electron chi connectivity index (χ1n) is 9.76. The molecular formula is C22H24N6O. The lowest BCUT2D eigenvalue weighted by molar-refractivity contribution is 0.0746. The third-order valence-corrected chi connectivity index (χ3v) is 5.13. The van der Waals surface area contributed by atoms with Crippen LogP contribution in [0.2, 0.25) is 0 Å². The molecule has 0 atom stereocenters. The number of carbonyl (C=O) groups excluding carboxylic acids is 1. The molecule has 0 aliphatic carbocycles. The van der Waals surface area contributed by atoms with Crippen LogP contribution in [-0.2, 0) is 6.54 Å². The molecule has 148 valence electrons. The smallest absolute Gasteiger partial charge is 0.254 e. The third-order valence-electron chi connectivity index (χ3n) is 5.13. The van der Waals surface area contributed by atoms with E-state index in [0.29, 0.717) is 37.0 Å². The number of amides is 1. The molecule has 1 saturated heterocycles. The average Bonchev–Trinajstić information content (AvgIpc) is 2.79. The van der Waals surface area contributed by atoms with Crippen LogP contribution in [0.4, 0.5) is 11.8 Å². The molecule has 1 aromatic carbocycles. The van der Waals surface area contributed by atoms with Crippen molar-refractivity contribution in [1.29, 1.82) is 0 Å². The molecule has 1 fully saturated rings. The fourth-order valence-corrected chi connectivity index (χ4v) is 3.40. The number of hydrogen-bond acceptors (Lipinski definition) is 6. The monoisotopic (exact) mass is 388 g/mol. The molecule has 29 heavy (non-hydrogen) atoms. The van der Waals surface area contributed by atoms with Crippen LogP contribution in [0.3, 0.4) is 0 Å². The van der Waals surface area contributed by atoms with E-state index in [1.165, 1.54) is 11.1 Å². The van der Waals surface area contributed by atoms with E-state index in [4.69, 9.17) is 0 Å². The highest BCUT2D eigenvalue weighted by Crippen LogP contribution is 2.15. The fourth-order valence-electron chi connectivity index (χ4n) is 3.40. The van der Waals surface area contributed by atoms with Gasteiger partial charge in [-0.2, -0.15) is 0 Å². The summed E-state index contributed by atoms with van der Waals surface area (Å²) in [6.45, 7) is 5.49. The fraction of sp³-hybridized carbons (Fsp3) is 0.273. The van der Waals surface area contributed by atoms with Crippen LogP contribution in [0.25, 0.3) is 0 Å². The number of hydrogen-bond donors (Lipinski definition) is 1. The first-order valence-corrected chi connectivity index (χ1v) is 9.76. The Balaban J connectivity index is 1.37. The van der Waals surface area contributed by atoms with Crippen molar-refractivity contribution in [2.24, 2.45) is 0 Å². The van der Waals surface area contributed by atoms with Crippen molar-refractivity contribution in [3.05, 3.63) is 77.7 Å². The predicted molar refractivity (Wildman–Crippen MR) is 113 cm³/mol. The molecule has 3 heterocycles. The number of pyridine rings is 1. The largest absolute Gasteiger partial charge is 0.366 e. The van der Waals surface area contributed by atoms with Crippen molar-refractivity contribution in [3.8, 4) is 0 Å². The number of anilines is 2. The zero-order valence-electron chi connectivity index (χ0n) is 16.5. The highest BCUT2D eigenvalue weighted by Gasteiger charge is 2.23. The van der Waals surface area contributed by atoms with Crippen molar-refractivity contribution in [2.75, 3.05) is 36.4 Å². The predicted octanol–water partition coefficient (Wildman–Crippen LogP) is 2.75. The molecule has 2 aromatic heterocycles. The van der Waals surface area contributed by atoms with Crippen LogP contribution in [0.15, 0.2) is 61.1 Å². The molecular weight excluding hydrogens is 364 g/mol. The average molecular weight is 388 g/mol. The Morgan fingerprint density at radius 1 is 0.966 bits per heavy atom. The van der Waals surface area contributed by atoms with E-state index in [9.17, 15) is 4.79 Å². The van der Waals surface area contributed by atoms with Gasteiger partial charge < -0.3 is 15.1 Å². The summed E-state index contributed by atoms with van der Waals surface area (Å²) >= 11 is 0. The number of nitrogens with zero attached hydrogens (tertiary/aromatic N) is 5. The first kappa shape index (κ1) is 18.9. The molecule has 1 aliphatic heterocycles. The molecule has 0 bridgehead atoms.